The van der Waals surface area contributed by atoms with Crippen molar-refractivity contribution in [3.8, 4) is 5.75 Å². The molecule has 1 aromatic carbocycles. The van der Waals surface area contributed by atoms with Gasteiger partial charge in [-0.15, -0.1) is 11.8 Å². The molecule has 1 saturated heterocycles. The van der Waals surface area contributed by atoms with E-state index < -0.39 is 52.9 Å². The first-order valence-corrected chi connectivity index (χ1v) is 10.2. The van der Waals surface area contributed by atoms with Gasteiger partial charge in [0.25, 0.3) is 0 Å². The molecule has 1 amide bonds. The number of thioether (sulfide) groups is 1. The summed E-state index contributed by atoms with van der Waals surface area (Å²) in [6.07, 6.45) is -8.34. The number of carbonyl (C=O) groups excluding carboxylic acids is 1. The number of aliphatic carboxylic acids is 1. The Hall–Kier alpha value is -2.11. The summed E-state index contributed by atoms with van der Waals surface area (Å²) in [5, 5.41) is 8.84. The fourth-order valence-electron chi connectivity index (χ4n) is 3.36. The molecule has 12 heteroatoms. The standard InChI is InChI=1S/C19H19F6NO4S/c1-17(4-5-17)16(29)26-8-11(7-13(26)15(27)28)31-14-3-2-10(30-9-18(20,21)22)6-12(14)19(23,24)25/h2-3,6,11,13H,4-5,7-9H2,1H3,(H,27,28)/t11-,13+/m1/s1. The van der Waals surface area contributed by atoms with Gasteiger partial charge in [-0.1, -0.05) is 6.92 Å². The lowest BCUT2D eigenvalue weighted by molar-refractivity contribution is -0.153. The predicted molar refractivity (Wildman–Crippen MR) is 97.7 cm³/mol. The molecule has 31 heavy (non-hydrogen) atoms. The Balaban J connectivity index is 1.79. The monoisotopic (exact) mass is 471 g/mol. The van der Waals surface area contributed by atoms with Gasteiger partial charge in [0, 0.05) is 22.1 Å². The molecule has 0 spiro atoms. The van der Waals surface area contributed by atoms with Gasteiger partial charge in [0.15, 0.2) is 6.61 Å². The van der Waals surface area contributed by atoms with Crippen LogP contribution in [0.25, 0.3) is 0 Å². The second-order valence-corrected chi connectivity index (χ2v) is 9.25. The Kier molecular flexibility index (Phi) is 6.16. The van der Waals surface area contributed by atoms with Gasteiger partial charge >= 0.3 is 18.3 Å². The Morgan fingerprint density at radius 3 is 2.39 bits per heavy atom. The van der Waals surface area contributed by atoms with Crippen LogP contribution in [0.1, 0.15) is 31.7 Å². The molecule has 1 saturated carbocycles. The minimum atomic E-state index is -4.86. The smallest absolute Gasteiger partial charge is 0.422 e. The molecule has 0 unspecified atom stereocenters. The molecule has 1 aliphatic heterocycles. The normalized spacial score (nSPS) is 23.0. The SMILES string of the molecule is CC1(C(=O)N2C[C@H](Sc3ccc(OCC(F)(F)F)cc3C(F)(F)F)C[C@H]2C(=O)O)CC1. The molecule has 1 aliphatic carbocycles. The second-order valence-electron chi connectivity index (χ2n) is 7.91. The number of rotatable bonds is 6. The maximum atomic E-state index is 13.5. The molecule has 2 atom stereocenters. The van der Waals surface area contributed by atoms with Gasteiger partial charge in [0.2, 0.25) is 5.91 Å². The topological polar surface area (TPSA) is 66.8 Å². The van der Waals surface area contributed by atoms with Crippen molar-refractivity contribution < 1.29 is 45.8 Å². The first kappa shape index (κ1) is 23.6. The van der Waals surface area contributed by atoms with Gasteiger partial charge in [0.1, 0.15) is 11.8 Å². The van der Waals surface area contributed by atoms with Crippen LogP contribution in [0.15, 0.2) is 23.1 Å². The Bertz CT molecular complexity index is 868. The largest absolute Gasteiger partial charge is 0.484 e. The van der Waals surface area contributed by atoms with Crippen LogP contribution < -0.4 is 4.74 Å². The summed E-state index contributed by atoms with van der Waals surface area (Å²) in [5.74, 6) is -2.13. The van der Waals surface area contributed by atoms with Gasteiger partial charge in [-0.2, -0.15) is 26.3 Å². The molecule has 1 aromatic rings. The van der Waals surface area contributed by atoms with Crippen LogP contribution in [0, 0.1) is 5.41 Å². The number of amides is 1. The van der Waals surface area contributed by atoms with E-state index in [0.29, 0.717) is 18.9 Å². The highest BCUT2D eigenvalue weighted by Gasteiger charge is 2.52. The van der Waals surface area contributed by atoms with Crippen molar-refractivity contribution >= 4 is 23.6 Å². The Labute approximate surface area is 177 Å². The van der Waals surface area contributed by atoms with Crippen LogP contribution in [0.4, 0.5) is 26.3 Å². The number of halogens is 6. The summed E-state index contributed by atoms with van der Waals surface area (Å²) in [6, 6.07) is 1.36. The lowest BCUT2D eigenvalue weighted by Gasteiger charge is -2.24. The van der Waals surface area contributed by atoms with Crippen molar-refractivity contribution in [3.63, 3.8) is 0 Å². The highest BCUT2D eigenvalue weighted by Crippen LogP contribution is 2.49. The molecular weight excluding hydrogens is 452 g/mol. The van der Waals surface area contributed by atoms with Crippen LogP contribution in [0.5, 0.6) is 5.75 Å². The fraction of sp³-hybridized carbons (Fsp3) is 0.579. The van der Waals surface area contributed by atoms with Gasteiger partial charge in [-0.05, 0) is 37.5 Å². The van der Waals surface area contributed by atoms with E-state index >= 15 is 0 Å². The van der Waals surface area contributed by atoms with Gasteiger partial charge in [-0.3, -0.25) is 4.79 Å². The second kappa shape index (κ2) is 8.10. The van der Waals surface area contributed by atoms with E-state index in [1.165, 1.54) is 4.90 Å². The minimum absolute atomic E-state index is 0.0281. The van der Waals surface area contributed by atoms with Crippen LogP contribution in [0.2, 0.25) is 0 Å². The van der Waals surface area contributed by atoms with Crippen molar-refractivity contribution in [2.24, 2.45) is 5.41 Å². The number of carboxylic acid groups (broad SMARTS) is 1. The highest BCUT2D eigenvalue weighted by atomic mass is 32.2. The zero-order valence-corrected chi connectivity index (χ0v) is 17.0. The number of hydrogen-bond donors (Lipinski definition) is 1. The van der Waals surface area contributed by atoms with E-state index in [9.17, 15) is 41.0 Å². The number of ether oxygens (including phenoxy) is 1. The first-order chi connectivity index (χ1) is 14.2. The Morgan fingerprint density at radius 2 is 1.87 bits per heavy atom. The lowest BCUT2D eigenvalue weighted by Crippen LogP contribution is -2.43. The minimum Gasteiger partial charge on any atom is -0.484 e. The van der Waals surface area contributed by atoms with Crippen LogP contribution >= 0.6 is 11.8 Å². The summed E-state index contributed by atoms with van der Waals surface area (Å²) in [4.78, 5) is 25.2. The molecule has 2 aliphatic rings. The van der Waals surface area contributed by atoms with Crippen molar-refractivity contribution in [1.29, 1.82) is 0 Å². The molecule has 3 rings (SSSR count). The van der Waals surface area contributed by atoms with Crippen molar-refractivity contribution in [3.05, 3.63) is 23.8 Å². The molecule has 0 radical (unpaired) electrons. The van der Waals surface area contributed by atoms with Gasteiger partial charge in [-0.25, -0.2) is 4.79 Å². The maximum Gasteiger partial charge on any atom is 0.422 e. The molecule has 2 fully saturated rings. The zero-order chi connectivity index (χ0) is 23.2. The number of benzene rings is 1. The number of nitrogens with zero attached hydrogens (tertiary/aromatic N) is 1. The lowest BCUT2D eigenvalue weighted by atomic mass is 10.1. The maximum absolute atomic E-state index is 13.5. The summed E-state index contributed by atoms with van der Waals surface area (Å²) in [7, 11) is 0. The third kappa shape index (κ3) is 5.58. The molecule has 172 valence electrons. The van der Waals surface area contributed by atoms with Crippen molar-refractivity contribution in [2.45, 2.75) is 54.7 Å². The van der Waals surface area contributed by atoms with E-state index in [1.807, 2.05) is 0 Å². The zero-order valence-electron chi connectivity index (χ0n) is 16.2. The molecule has 1 heterocycles. The van der Waals surface area contributed by atoms with E-state index in [4.69, 9.17) is 0 Å². The fourth-order valence-corrected chi connectivity index (χ4v) is 4.68. The predicted octanol–water partition coefficient (Wildman–Crippen LogP) is 4.59. The number of alkyl halides is 6. The van der Waals surface area contributed by atoms with E-state index in [2.05, 4.69) is 4.74 Å². The van der Waals surface area contributed by atoms with Gasteiger partial charge in [0.05, 0.1) is 5.56 Å². The third-order valence-electron chi connectivity index (χ3n) is 5.28. The van der Waals surface area contributed by atoms with Gasteiger partial charge < -0.3 is 14.7 Å². The molecular formula is C19H19F6NO4S. The molecule has 0 bridgehead atoms. The van der Waals surface area contributed by atoms with E-state index in [1.54, 1.807) is 6.92 Å². The average Bonchev–Trinajstić information content (AvgIpc) is 3.25. The summed E-state index contributed by atoms with van der Waals surface area (Å²) < 4.78 is 81.8. The molecule has 5 nitrogen and oxygen atoms in total. The van der Waals surface area contributed by atoms with Crippen LogP contribution in [-0.2, 0) is 15.8 Å². The summed E-state index contributed by atoms with van der Waals surface area (Å²) in [5.41, 5.74) is -1.80. The summed E-state index contributed by atoms with van der Waals surface area (Å²) in [6.45, 7) is -0.0363. The Morgan fingerprint density at radius 1 is 1.23 bits per heavy atom. The number of likely N-dealkylation sites (tertiary alicyclic amines) is 1. The quantitative estimate of drug-likeness (QED) is 0.615. The van der Waals surface area contributed by atoms with E-state index in [-0.39, 0.29) is 23.8 Å². The van der Waals surface area contributed by atoms with E-state index in [0.717, 1.165) is 23.9 Å². The molecule has 0 aromatic heterocycles. The van der Waals surface area contributed by atoms with Crippen LogP contribution in [-0.4, -0.2) is 52.5 Å². The van der Waals surface area contributed by atoms with Crippen molar-refractivity contribution in [1.82, 2.24) is 4.90 Å². The number of hydrogen-bond acceptors (Lipinski definition) is 4. The first-order valence-electron chi connectivity index (χ1n) is 9.31. The van der Waals surface area contributed by atoms with Crippen LogP contribution in [0.3, 0.4) is 0 Å². The average molecular weight is 471 g/mol. The molecule has 1 N–H and O–H groups in total. The highest BCUT2D eigenvalue weighted by molar-refractivity contribution is 8.00. The number of carbonyl (C=O) groups is 2. The van der Waals surface area contributed by atoms with Crippen molar-refractivity contribution in [2.75, 3.05) is 13.2 Å². The summed E-state index contributed by atoms with van der Waals surface area (Å²) >= 11 is 0.755. The number of carboxylic acids is 1. The third-order valence-corrected chi connectivity index (χ3v) is 6.56.